The number of halogens is 1. The second-order valence-corrected chi connectivity index (χ2v) is 5.53. The molecule has 2 aromatic rings. The highest BCUT2D eigenvalue weighted by Crippen LogP contribution is 2.28. The van der Waals surface area contributed by atoms with Gasteiger partial charge in [-0.3, -0.25) is 15.1 Å². The van der Waals surface area contributed by atoms with E-state index in [9.17, 15) is 4.79 Å². The second-order valence-electron chi connectivity index (χ2n) is 4.20. The Morgan fingerprint density at radius 2 is 2.17 bits per heavy atom. The highest BCUT2D eigenvalue weighted by molar-refractivity contribution is 7.17. The van der Waals surface area contributed by atoms with Crippen LogP contribution in [0.3, 0.4) is 0 Å². The Morgan fingerprint density at radius 1 is 1.42 bits per heavy atom. The van der Waals surface area contributed by atoms with E-state index in [1.165, 1.54) is 32.7 Å². The number of aromatic nitrogens is 3. The predicted molar refractivity (Wildman–Crippen MR) is 89.8 cm³/mol. The molecule has 0 spiro atoms. The van der Waals surface area contributed by atoms with Crippen molar-refractivity contribution in [2.45, 2.75) is 0 Å². The molecule has 0 aliphatic carbocycles. The summed E-state index contributed by atoms with van der Waals surface area (Å²) in [6.45, 7) is 0. The van der Waals surface area contributed by atoms with Crippen LogP contribution in [-0.4, -0.2) is 35.3 Å². The van der Waals surface area contributed by atoms with Gasteiger partial charge in [0.05, 0.1) is 26.6 Å². The Balaban J connectivity index is 2.14. The predicted octanol–water partition coefficient (Wildman–Crippen LogP) is 0.723. The van der Waals surface area contributed by atoms with E-state index in [0.29, 0.717) is 16.6 Å². The van der Waals surface area contributed by atoms with E-state index >= 15 is 0 Å². The molecule has 1 amide bonds. The van der Waals surface area contributed by atoms with Crippen LogP contribution in [0.25, 0.3) is 0 Å². The fourth-order valence-corrected chi connectivity index (χ4v) is 2.26. The van der Waals surface area contributed by atoms with Gasteiger partial charge in [0.1, 0.15) is 16.5 Å². The van der Waals surface area contributed by atoms with Gasteiger partial charge in [-0.05, 0) is 11.3 Å². The lowest BCUT2D eigenvalue weighted by Gasteiger charge is -2.17. The molecule has 24 heavy (non-hydrogen) atoms. The molecule has 0 bridgehead atoms. The van der Waals surface area contributed by atoms with Crippen LogP contribution in [0, 0.1) is 0 Å². The zero-order valence-corrected chi connectivity index (χ0v) is 14.3. The lowest BCUT2D eigenvalue weighted by Crippen LogP contribution is -2.30. The molecule has 0 unspecified atom stereocenters. The van der Waals surface area contributed by atoms with E-state index in [4.69, 9.17) is 32.7 Å². The van der Waals surface area contributed by atoms with Crippen molar-refractivity contribution in [2.75, 3.05) is 24.5 Å². The van der Waals surface area contributed by atoms with E-state index in [-0.39, 0.29) is 16.0 Å². The summed E-state index contributed by atoms with van der Waals surface area (Å²) < 4.78 is 10.0. The van der Waals surface area contributed by atoms with E-state index in [1.807, 2.05) is 0 Å². The van der Waals surface area contributed by atoms with Crippen molar-refractivity contribution in [3.05, 3.63) is 29.3 Å². The number of pyridine rings is 1. The Morgan fingerprint density at radius 3 is 2.79 bits per heavy atom. The van der Waals surface area contributed by atoms with Crippen molar-refractivity contribution in [2.24, 2.45) is 11.6 Å². The van der Waals surface area contributed by atoms with Gasteiger partial charge in [-0.1, -0.05) is 16.7 Å². The Kier molecular flexibility index (Phi) is 5.73. The molecule has 0 saturated heterocycles. The molecular formula is C12H14ClN7O3S. The van der Waals surface area contributed by atoms with E-state index in [1.54, 1.807) is 0 Å². The third-order valence-electron chi connectivity index (χ3n) is 2.65. The minimum Gasteiger partial charge on any atom is -0.493 e. The second kappa shape index (κ2) is 7.77. The summed E-state index contributed by atoms with van der Waals surface area (Å²) in [6, 6.07) is 1.47. The normalized spacial score (nSPS) is 11.1. The van der Waals surface area contributed by atoms with Crippen LogP contribution in [0.5, 0.6) is 10.9 Å². The number of ether oxygens (including phenoxy) is 2. The van der Waals surface area contributed by atoms with Gasteiger partial charge < -0.3 is 15.2 Å². The number of amides is 1. The number of carbonyl (C=O) groups excluding carboxylic acids is 1. The quantitative estimate of drug-likeness (QED) is 0.290. The topological polar surface area (TPSA) is 142 Å². The maximum Gasteiger partial charge on any atom is 0.295 e. The molecule has 0 saturated carbocycles. The summed E-state index contributed by atoms with van der Waals surface area (Å²) in [5.41, 5.74) is 5.95. The fourth-order valence-electron chi connectivity index (χ4n) is 1.56. The van der Waals surface area contributed by atoms with Crippen molar-refractivity contribution in [3.8, 4) is 10.9 Å². The lowest BCUT2D eigenvalue weighted by atomic mass is 10.3. The SMILES string of the molecule is COc1nnc(NC(=O)/C(N)=C/N(N)c2cc(Cl)ncc2OC)s1. The van der Waals surface area contributed by atoms with Crippen LogP contribution in [0.4, 0.5) is 10.8 Å². The highest BCUT2D eigenvalue weighted by Gasteiger charge is 2.14. The molecule has 0 fully saturated rings. The minimum absolute atomic E-state index is 0.165. The van der Waals surface area contributed by atoms with E-state index in [2.05, 4.69) is 20.5 Å². The standard InChI is InChI=1S/C12H14ClN7O3S/c1-22-8-4-16-9(13)3-7(8)20(15)5-6(14)10(21)17-11-18-19-12(23-2)24-11/h3-5H,14-15H2,1-2H3,(H,17,18,21)/b6-5-. The highest BCUT2D eigenvalue weighted by atomic mass is 35.5. The van der Waals surface area contributed by atoms with Crippen LogP contribution in [-0.2, 0) is 4.79 Å². The minimum atomic E-state index is -0.608. The number of hydrazine groups is 1. The first-order valence-corrected chi connectivity index (χ1v) is 7.53. The van der Waals surface area contributed by atoms with Crippen molar-refractivity contribution in [1.29, 1.82) is 0 Å². The first-order valence-electron chi connectivity index (χ1n) is 6.34. The summed E-state index contributed by atoms with van der Waals surface area (Å²) in [7, 11) is 2.89. The largest absolute Gasteiger partial charge is 0.493 e. The molecule has 128 valence electrons. The number of hydrogen-bond donors (Lipinski definition) is 3. The number of nitrogens with zero attached hydrogens (tertiary/aromatic N) is 4. The van der Waals surface area contributed by atoms with Gasteiger partial charge in [-0.15, -0.1) is 5.10 Å². The zero-order chi connectivity index (χ0) is 17.7. The number of nitrogens with one attached hydrogen (secondary N) is 1. The summed E-state index contributed by atoms with van der Waals surface area (Å²) in [5.74, 6) is 5.64. The number of nitrogens with two attached hydrogens (primary N) is 2. The molecule has 2 heterocycles. The van der Waals surface area contributed by atoms with Gasteiger partial charge >= 0.3 is 0 Å². The maximum absolute atomic E-state index is 12.0. The van der Waals surface area contributed by atoms with Crippen LogP contribution >= 0.6 is 22.9 Å². The fraction of sp³-hybridized carbons (Fsp3) is 0.167. The number of methoxy groups -OCH3 is 2. The summed E-state index contributed by atoms with van der Waals surface area (Å²) in [5, 5.41) is 11.7. The third-order valence-corrected chi connectivity index (χ3v) is 3.66. The average Bonchev–Trinajstić information content (AvgIpc) is 3.02. The van der Waals surface area contributed by atoms with Crippen molar-refractivity contribution >= 4 is 39.7 Å². The van der Waals surface area contributed by atoms with Crippen molar-refractivity contribution < 1.29 is 14.3 Å². The monoisotopic (exact) mass is 371 g/mol. The molecule has 10 nitrogen and oxygen atoms in total. The van der Waals surface area contributed by atoms with Crippen molar-refractivity contribution in [3.63, 3.8) is 0 Å². The molecule has 0 radical (unpaired) electrons. The molecule has 0 aliphatic heterocycles. The number of anilines is 2. The Labute approximate surface area is 146 Å². The van der Waals surface area contributed by atoms with Gasteiger partial charge in [0.25, 0.3) is 11.1 Å². The Bertz CT molecular complexity index is 767. The smallest absolute Gasteiger partial charge is 0.295 e. The molecular weight excluding hydrogens is 358 g/mol. The first-order chi connectivity index (χ1) is 11.4. The maximum atomic E-state index is 12.0. The Hall–Kier alpha value is -2.63. The molecule has 2 aromatic heterocycles. The molecule has 0 aliphatic rings. The van der Waals surface area contributed by atoms with Gasteiger partial charge in [-0.25, -0.2) is 10.8 Å². The number of rotatable bonds is 6. The van der Waals surface area contributed by atoms with Gasteiger partial charge in [0, 0.05) is 6.07 Å². The first kappa shape index (κ1) is 17.7. The lowest BCUT2D eigenvalue weighted by molar-refractivity contribution is -0.112. The summed E-state index contributed by atoms with van der Waals surface area (Å²) in [6.07, 6.45) is 2.61. The van der Waals surface area contributed by atoms with Gasteiger partial charge in [0.2, 0.25) is 5.13 Å². The van der Waals surface area contributed by atoms with Gasteiger partial charge in [-0.2, -0.15) is 0 Å². The van der Waals surface area contributed by atoms with E-state index in [0.717, 1.165) is 16.3 Å². The van der Waals surface area contributed by atoms with Crippen LogP contribution < -0.4 is 31.4 Å². The van der Waals surface area contributed by atoms with E-state index < -0.39 is 5.91 Å². The number of hydrogen-bond acceptors (Lipinski definition) is 10. The average molecular weight is 372 g/mol. The molecule has 0 atom stereocenters. The summed E-state index contributed by atoms with van der Waals surface area (Å²) >= 11 is 6.89. The van der Waals surface area contributed by atoms with Crippen LogP contribution in [0.2, 0.25) is 5.15 Å². The van der Waals surface area contributed by atoms with Gasteiger partial charge in [0.15, 0.2) is 5.75 Å². The van der Waals surface area contributed by atoms with Crippen LogP contribution in [0.1, 0.15) is 0 Å². The summed E-state index contributed by atoms with van der Waals surface area (Å²) in [4.78, 5) is 15.9. The third kappa shape index (κ3) is 4.22. The molecule has 2 rings (SSSR count). The van der Waals surface area contributed by atoms with Crippen LogP contribution in [0.15, 0.2) is 24.2 Å². The molecule has 12 heteroatoms. The molecule has 5 N–H and O–H groups in total. The zero-order valence-electron chi connectivity index (χ0n) is 12.7. The number of carbonyl (C=O) groups is 1. The van der Waals surface area contributed by atoms with Crippen molar-refractivity contribution in [1.82, 2.24) is 15.2 Å². The molecule has 0 aromatic carbocycles.